The van der Waals surface area contributed by atoms with Crippen molar-refractivity contribution in [2.24, 2.45) is 0 Å². The minimum atomic E-state index is -3.00. The Morgan fingerprint density at radius 2 is 1.71 bits per heavy atom. The maximum atomic E-state index is 12.9. The van der Waals surface area contributed by atoms with Gasteiger partial charge in [-0.25, -0.2) is 4.98 Å². The van der Waals surface area contributed by atoms with Crippen LogP contribution in [0.3, 0.4) is 0 Å². The summed E-state index contributed by atoms with van der Waals surface area (Å²) in [5.41, 5.74) is 0.0729. The predicted octanol–water partition coefficient (Wildman–Crippen LogP) is 4.35. The molecule has 15 heteroatoms. The van der Waals surface area contributed by atoms with Crippen molar-refractivity contribution in [1.82, 2.24) is 19.5 Å². The highest BCUT2D eigenvalue weighted by Gasteiger charge is 2.61. The number of imidazole rings is 1. The van der Waals surface area contributed by atoms with Crippen LogP contribution in [-0.4, -0.2) is 79.2 Å². The summed E-state index contributed by atoms with van der Waals surface area (Å²) in [5, 5.41) is 14.3. The van der Waals surface area contributed by atoms with Gasteiger partial charge in [-0.05, 0) is 34.3 Å². The first-order valence-electron chi connectivity index (χ1n) is 15.6. The van der Waals surface area contributed by atoms with Gasteiger partial charge in [-0.2, -0.15) is 4.98 Å². The first-order chi connectivity index (χ1) is 21.3. The standard InChI is InChI=1S/C30H45N5O8Si2/c1-17(2)44(18(3)4)40-14-22-26(42-45(43-44,19(5)6)20(7)8)25(37)29(41-22)35-16-31-24-27(35)33-30(34-28(24)38)32-23(36)15-39-21-12-10-9-11-13-21/h9-13,16-20,22,25-26,29,37H,14-15H2,1-8H3,(H2,32,33,34,36,38)/t22-,25-,26+,29-/m1/s1. The zero-order valence-electron chi connectivity index (χ0n) is 27.1. The Morgan fingerprint density at radius 1 is 1.07 bits per heavy atom. The number of fused-ring (bicyclic) bond motifs is 2. The third-order valence-electron chi connectivity index (χ3n) is 8.72. The van der Waals surface area contributed by atoms with Crippen molar-refractivity contribution in [2.75, 3.05) is 18.5 Å². The van der Waals surface area contributed by atoms with E-state index in [2.05, 4.69) is 75.7 Å². The zero-order valence-corrected chi connectivity index (χ0v) is 29.1. The third kappa shape index (κ3) is 6.26. The number of anilines is 1. The molecule has 2 fully saturated rings. The number of amides is 1. The molecule has 0 spiro atoms. The number of H-pyrrole nitrogens is 1. The van der Waals surface area contributed by atoms with E-state index in [4.69, 9.17) is 22.4 Å². The van der Waals surface area contributed by atoms with E-state index in [0.29, 0.717) is 5.75 Å². The van der Waals surface area contributed by atoms with Gasteiger partial charge in [0, 0.05) is 0 Å². The first-order valence-corrected chi connectivity index (χ1v) is 19.5. The van der Waals surface area contributed by atoms with Gasteiger partial charge >= 0.3 is 17.1 Å². The van der Waals surface area contributed by atoms with E-state index < -0.39 is 53.1 Å². The van der Waals surface area contributed by atoms with Crippen molar-refractivity contribution in [3.8, 4) is 5.75 Å². The molecule has 2 aliphatic rings. The smallest absolute Gasteiger partial charge is 0.335 e. The molecule has 2 aromatic heterocycles. The van der Waals surface area contributed by atoms with E-state index in [-0.39, 0.29) is 52.5 Å². The van der Waals surface area contributed by atoms with Gasteiger partial charge in [-0.15, -0.1) is 0 Å². The highest BCUT2D eigenvalue weighted by Crippen LogP contribution is 2.48. The van der Waals surface area contributed by atoms with Crippen molar-refractivity contribution >= 4 is 40.1 Å². The van der Waals surface area contributed by atoms with Gasteiger partial charge in [0.15, 0.2) is 24.0 Å². The van der Waals surface area contributed by atoms with Crippen LogP contribution in [0.5, 0.6) is 5.75 Å². The number of rotatable bonds is 9. The summed E-state index contributed by atoms with van der Waals surface area (Å²) in [6, 6.07) is 8.90. The quantitative estimate of drug-likeness (QED) is 0.282. The normalized spacial score (nSPS) is 24.6. The Hall–Kier alpha value is -2.93. The maximum absolute atomic E-state index is 12.9. The average molecular weight is 660 g/mol. The van der Waals surface area contributed by atoms with Crippen LogP contribution in [0, 0.1) is 0 Å². The number of aliphatic hydroxyl groups is 1. The third-order valence-corrected chi connectivity index (χ3v) is 19.0. The SMILES string of the molecule is CC(C)[Si]1(C(C)C)OC[C@H]2O[C@@H](n3cnc4c(=O)[nH]c(NC(=O)COc5ccccc5)nc43)[C@H](O)[C@H]2O[Si](C(C)C)(C(C)C)O1. The summed E-state index contributed by atoms with van der Waals surface area (Å²) in [6.45, 7) is 16.9. The van der Waals surface area contributed by atoms with Crippen molar-refractivity contribution in [1.29, 1.82) is 0 Å². The van der Waals surface area contributed by atoms with Gasteiger partial charge in [-0.1, -0.05) is 73.6 Å². The number of carbonyl (C=O) groups excluding carboxylic acids is 1. The van der Waals surface area contributed by atoms with Crippen molar-refractivity contribution in [3.63, 3.8) is 0 Å². The van der Waals surface area contributed by atoms with Crippen molar-refractivity contribution in [2.45, 2.75) is 102 Å². The lowest BCUT2D eigenvalue weighted by atomic mass is 10.1. The lowest BCUT2D eigenvalue weighted by Gasteiger charge is -2.51. The highest BCUT2D eigenvalue weighted by atomic mass is 28.5. The van der Waals surface area contributed by atoms with E-state index in [1.54, 1.807) is 24.3 Å². The number of nitrogens with zero attached hydrogens (tertiary/aromatic N) is 3. The second-order valence-electron chi connectivity index (χ2n) is 13.0. The number of aliphatic hydroxyl groups excluding tert-OH is 1. The summed E-state index contributed by atoms with van der Waals surface area (Å²) in [5.74, 6) is -0.0678. The van der Waals surface area contributed by atoms with E-state index in [1.807, 2.05) is 6.07 Å². The molecule has 0 saturated carbocycles. The maximum Gasteiger partial charge on any atom is 0.335 e. The topological polar surface area (TPSA) is 159 Å². The Kier molecular flexibility index (Phi) is 9.70. The van der Waals surface area contributed by atoms with E-state index in [9.17, 15) is 14.7 Å². The molecule has 0 bridgehead atoms. The molecule has 3 aromatic rings. The molecule has 4 heterocycles. The van der Waals surface area contributed by atoms with E-state index in [1.165, 1.54) is 10.9 Å². The molecule has 45 heavy (non-hydrogen) atoms. The van der Waals surface area contributed by atoms with Crippen LogP contribution in [0.15, 0.2) is 41.5 Å². The molecule has 1 amide bonds. The molecule has 3 N–H and O–H groups in total. The lowest BCUT2D eigenvalue weighted by molar-refractivity contribution is -0.118. The number of hydrogen-bond acceptors (Lipinski definition) is 10. The summed E-state index contributed by atoms with van der Waals surface area (Å²) < 4.78 is 34.5. The zero-order chi connectivity index (χ0) is 32.7. The number of para-hydroxylation sites is 1. The largest absolute Gasteiger partial charge is 0.484 e. The van der Waals surface area contributed by atoms with Gasteiger partial charge in [0.2, 0.25) is 5.95 Å². The molecule has 2 saturated heterocycles. The summed E-state index contributed by atoms with van der Waals surface area (Å²) in [4.78, 5) is 36.8. The highest BCUT2D eigenvalue weighted by molar-refractivity contribution is 6.84. The Bertz CT molecular complexity index is 1530. The molecule has 13 nitrogen and oxygen atoms in total. The number of aromatic nitrogens is 4. The van der Waals surface area contributed by atoms with Crippen LogP contribution in [0.1, 0.15) is 61.6 Å². The van der Waals surface area contributed by atoms with Crippen LogP contribution in [0.4, 0.5) is 5.95 Å². The fraction of sp³-hybridized carbons (Fsp3) is 0.600. The second-order valence-corrected chi connectivity index (χ2v) is 21.8. The van der Waals surface area contributed by atoms with Gasteiger partial charge in [0.25, 0.3) is 11.5 Å². The molecule has 2 aliphatic heterocycles. The number of ether oxygens (including phenoxy) is 2. The van der Waals surface area contributed by atoms with Gasteiger partial charge < -0.3 is 27.5 Å². The number of hydrogen-bond donors (Lipinski definition) is 3. The predicted molar refractivity (Wildman–Crippen MR) is 172 cm³/mol. The van der Waals surface area contributed by atoms with Crippen molar-refractivity contribution < 1.29 is 32.3 Å². The van der Waals surface area contributed by atoms with Gasteiger partial charge in [0.05, 0.1) is 12.9 Å². The monoisotopic (exact) mass is 659 g/mol. The molecule has 0 unspecified atom stereocenters. The summed E-state index contributed by atoms with van der Waals surface area (Å²) in [6.07, 6.45) is -2.07. The molecular formula is C30H45N5O8Si2. The molecule has 1 aromatic carbocycles. The summed E-state index contributed by atoms with van der Waals surface area (Å²) in [7, 11) is -5.81. The molecule has 5 rings (SSSR count). The number of carbonyl (C=O) groups is 1. The molecule has 246 valence electrons. The molecule has 0 aliphatic carbocycles. The van der Waals surface area contributed by atoms with Gasteiger partial charge in [-0.3, -0.25) is 24.5 Å². The van der Waals surface area contributed by atoms with Gasteiger partial charge in [0.1, 0.15) is 24.1 Å². The van der Waals surface area contributed by atoms with Crippen LogP contribution in [-0.2, 0) is 22.5 Å². The van der Waals surface area contributed by atoms with Crippen LogP contribution in [0.25, 0.3) is 11.2 Å². The Balaban J connectivity index is 1.45. The van der Waals surface area contributed by atoms with Crippen LogP contribution in [0.2, 0.25) is 22.2 Å². The average Bonchev–Trinajstić information content (AvgIpc) is 3.52. The fourth-order valence-corrected chi connectivity index (χ4v) is 17.6. The number of nitrogens with one attached hydrogen (secondary N) is 2. The number of benzene rings is 1. The van der Waals surface area contributed by atoms with E-state index >= 15 is 0 Å². The minimum Gasteiger partial charge on any atom is -0.484 e. The molecule has 0 radical (unpaired) electrons. The second kappa shape index (κ2) is 13.1. The van der Waals surface area contributed by atoms with Crippen LogP contribution < -0.4 is 15.6 Å². The minimum absolute atomic E-state index is 0.0354. The summed E-state index contributed by atoms with van der Waals surface area (Å²) >= 11 is 0. The first kappa shape index (κ1) is 33.4. The van der Waals surface area contributed by atoms with Crippen LogP contribution >= 0.6 is 0 Å². The van der Waals surface area contributed by atoms with Crippen molar-refractivity contribution in [3.05, 3.63) is 47.0 Å². The number of aromatic amines is 1. The molecule has 4 atom stereocenters. The molecular weight excluding hydrogens is 615 g/mol. The fourth-order valence-electron chi connectivity index (χ4n) is 6.37. The Morgan fingerprint density at radius 3 is 2.33 bits per heavy atom. The van der Waals surface area contributed by atoms with E-state index in [0.717, 1.165) is 0 Å². The lowest BCUT2D eigenvalue weighted by Crippen LogP contribution is -2.65. The Labute approximate surface area is 265 Å².